The Morgan fingerprint density at radius 2 is 1.54 bits per heavy atom. The molecule has 0 saturated heterocycles. The Kier molecular flexibility index (Phi) is 7.56. The van der Waals surface area contributed by atoms with E-state index in [2.05, 4.69) is 21.3 Å². The van der Waals surface area contributed by atoms with Crippen LogP contribution in [-0.2, 0) is 9.59 Å². The molecule has 2 aromatic carbocycles. The van der Waals surface area contributed by atoms with Crippen molar-refractivity contribution in [1.29, 1.82) is 0 Å². The molecular weight excluding hydrogens is 356 g/mol. The maximum atomic E-state index is 12.3. The molecule has 0 fully saturated rings. The minimum absolute atomic E-state index is 0.0455. The van der Waals surface area contributed by atoms with Gasteiger partial charge in [0.1, 0.15) is 0 Å². The molecule has 28 heavy (non-hydrogen) atoms. The molecule has 0 aliphatic heterocycles. The Bertz CT molecular complexity index is 864. The van der Waals surface area contributed by atoms with Gasteiger partial charge in [-0.05, 0) is 49.7 Å². The number of carbonyl (C=O) groups excluding carboxylic acids is 3. The van der Waals surface area contributed by atoms with Gasteiger partial charge >= 0.3 is 0 Å². The zero-order chi connectivity index (χ0) is 20.5. The molecule has 0 spiro atoms. The van der Waals surface area contributed by atoms with Crippen molar-refractivity contribution < 1.29 is 14.4 Å². The van der Waals surface area contributed by atoms with Crippen molar-refractivity contribution in [3.05, 3.63) is 53.6 Å². The van der Waals surface area contributed by atoms with E-state index in [4.69, 9.17) is 0 Å². The standard InChI is InChI=1S/C21H26N4O3/c1-4-19(26)24-17-10-7-11-18(14(17)3)25-20(27)13-23-16-9-6-8-15(12-16)21(28)22-5-2/h6-12,23H,4-5,13H2,1-3H3,(H,22,28)(H,24,26)(H,25,27). The fraction of sp³-hybridized carbons (Fsp3) is 0.286. The van der Waals surface area contributed by atoms with Crippen molar-refractivity contribution in [2.75, 3.05) is 29.0 Å². The molecule has 0 heterocycles. The number of carbonyl (C=O) groups is 3. The summed E-state index contributed by atoms with van der Waals surface area (Å²) < 4.78 is 0. The molecule has 3 amide bonds. The zero-order valence-electron chi connectivity index (χ0n) is 16.4. The molecule has 0 unspecified atom stereocenters. The molecule has 0 saturated carbocycles. The van der Waals surface area contributed by atoms with E-state index in [0.717, 1.165) is 5.56 Å². The fourth-order valence-electron chi connectivity index (χ4n) is 2.55. The second kappa shape index (κ2) is 10.1. The van der Waals surface area contributed by atoms with Gasteiger partial charge in [-0.2, -0.15) is 0 Å². The predicted octanol–water partition coefficient (Wildman–Crippen LogP) is 3.14. The largest absolute Gasteiger partial charge is 0.376 e. The molecule has 0 bridgehead atoms. The van der Waals surface area contributed by atoms with Gasteiger partial charge in [0.2, 0.25) is 11.8 Å². The maximum absolute atomic E-state index is 12.3. The fourth-order valence-corrected chi connectivity index (χ4v) is 2.55. The van der Waals surface area contributed by atoms with Gasteiger partial charge < -0.3 is 21.3 Å². The van der Waals surface area contributed by atoms with Crippen LogP contribution in [0.4, 0.5) is 17.1 Å². The van der Waals surface area contributed by atoms with E-state index >= 15 is 0 Å². The number of rotatable bonds is 8. The van der Waals surface area contributed by atoms with Crippen LogP contribution in [0.25, 0.3) is 0 Å². The van der Waals surface area contributed by atoms with E-state index in [0.29, 0.717) is 35.6 Å². The highest BCUT2D eigenvalue weighted by atomic mass is 16.2. The van der Waals surface area contributed by atoms with Gasteiger partial charge in [0, 0.05) is 35.6 Å². The lowest BCUT2D eigenvalue weighted by Crippen LogP contribution is -2.24. The average molecular weight is 382 g/mol. The number of amides is 3. The summed E-state index contributed by atoms with van der Waals surface area (Å²) in [5, 5.41) is 11.4. The molecule has 2 rings (SSSR count). The number of nitrogens with one attached hydrogen (secondary N) is 4. The Balaban J connectivity index is 1.98. The van der Waals surface area contributed by atoms with E-state index in [1.54, 1.807) is 49.4 Å². The second-order valence-corrected chi connectivity index (χ2v) is 6.22. The first kappa shape index (κ1) is 21.0. The molecule has 4 N–H and O–H groups in total. The number of hydrogen-bond donors (Lipinski definition) is 4. The second-order valence-electron chi connectivity index (χ2n) is 6.22. The number of hydrogen-bond acceptors (Lipinski definition) is 4. The van der Waals surface area contributed by atoms with Crippen LogP contribution in [0.2, 0.25) is 0 Å². The quantitative estimate of drug-likeness (QED) is 0.564. The SMILES string of the molecule is CCNC(=O)c1cccc(NCC(=O)Nc2cccc(NC(=O)CC)c2C)c1. The summed E-state index contributed by atoms with van der Waals surface area (Å²) >= 11 is 0. The van der Waals surface area contributed by atoms with Crippen LogP contribution >= 0.6 is 0 Å². The highest BCUT2D eigenvalue weighted by molar-refractivity contribution is 5.98. The zero-order valence-corrected chi connectivity index (χ0v) is 16.4. The van der Waals surface area contributed by atoms with E-state index in [1.807, 2.05) is 13.8 Å². The summed E-state index contributed by atoms with van der Waals surface area (Å²) in [6.45, 7) is 6.07. The summed E-state index contributed by atoms with van der Waals surface area (Å²) in [4.78, 5) is 35.8. The molecule has 0 atom stereocenters. The molecule has 0 aliphatic rings. The van der Waals surface area contributed by atoms with Crippen LogP contribution in [0.5, 0.6) is 0 Å². The van der Waals surface area contributed by atoms with Gasteiger partial charge in [-0.3, -0.25) is 14.4 Å². The number of anilines is 3. The molecular formula is C21H26N4O3. The van der Waals surface area contributed by atoms with E-state index < -0.39 is 0 Å². The smallest absolute Gasteiger partial charge is 0.251 e. The maximum Gasteiger partial charge on any atom is 0.251 e. The Labute approximate surface area is 164 Å². The lowest BCUT2D eigenvalue weighted by molar-refractivity contribution is -0.116. The highest BCUT2D eigenvalue weighted by Gasteiger charge is 2.10. The minimum Gasteiger partial charge on any atom is -0.376 e. The Hall–Kier alpha value is -3.35. The normalized spacial score (nSPS) is 10.1. The molecule has 148 valence electrons. The third kappa shape index (κ3) is 5.84. The van der Waals surface area contributed by atoms with E-state index in [1.165, 1.54) is 0 Å². The van der Waals surface area contributed by atoms with Gasteiger partial charge in [0.15, 0.2) is 0 Å². The first-order valence-corrected chi connectivity index (χ1v) is 9.26. The van der Waals surface area contributed by atoms with Crippen LogP contribution in [0, 0.1) is 6.92 Å². The van der Waals surface area contributed by atoms with E-state index in [9.17, 15) is 14.4 Å². The third-order valence-electron chi connectivity index (χ3n) is 4.12. The van der Waals surface area contributed by atoms with Gasteiger partial charge in [-0.15, -0.1) is 0 Å². The minimum atomic E-state index is -0.231. The van der Waals surface area contributed by atoms with Crippen molar-refractivity contribution in [3.8, 4) is 0 Å². The Morgan fingerprint density at radius 3 is 2.18 bits per heavy atom. The summed E-state index contributed by atoms with van der Waals surface area (Å²) in [6, 6.07) is 12.3. The van der Waals surface area contributed by atoms with E-state index in [-0.39, 0.29) is 24.3 Å². The van der Waals surface area contributed by atoms with Crippen LogP contribution < -0.4 is 21.3 Å². The third-order valence-corrected chi connectivity index (χ3v) is 4.12. The van der Waals surface area contributed by atoms with Crippen LogP contribution in [0.15, 0.2) is 42.5 Å². The molecule has 7 heteroatoms. The first-order valence-electron chi connectivity index (χ1n) is 9.26. The first-order chi connectivity index (χ1) is 13.4. The highest BCUT2D eigenvalue weighted by Crippen LogP contribution is 2.23. The molecule has 0 aromatic heterocycles. The van der Waals surface area contributed by atoms with Crippen molar-refractivity contribution in [1.82, 2.24) is 5.32 Å². The molecule has 0 radical (unpaired) electrons. The van der Waals surface area contributed by atoms with Crippen LogP contribution in [0.3, 0.4) is 0 Å². The van der Waals surface area contributed by atoms with Crippen molar-refractivity contribution >= 4 is 34.8 Å². The average Bonchev–Trinajstić information content (AvgIpc) is 2.69. The Morgan fingerprint density at radius 1 is 0.893 bits per heavy atom. The summed E-state index contributed by atoms with van der Waals surface area (Å²) in [5.41, 5.74) is 3.31. The summed E-state index contributed by atoms with van der Waals surface area (Å²) in [7, 11) is 0. The van der Waals surface area contributed by atoms with Crippen molar-refractivity contribution in [2.45, 2.75) is 27.2 Å². The molecule has 2 aromatic rings. The van der Waals surface area contributed by atoms with Crippen LogP contribution in [-0.4, -0.2) is 30.8 Å². The van der Waals surface area contributed by atoms with Gasteiger partial charge in [0.05, 0.1) is 6.54 Å². The topological polar surface area (TPSA) is 99.3 Å². The predicted molar refractivity (Wildman–Crippen MR) is 112 cm³/mol. The molecule has 0 aliphatic carbocycles. The lowest BCUT2D eigenvalue weighted by Gasteiger charge is -2.14. The van der Waals surface area contributed by atoms with Gasteiger partial charge in [-0.1, -0.05) is 19.1 Å². The monoisotopic (exact) mass is 382 g/mol. The van der Waals surface area contributed by atoms with Gasteiger partial charge in [-0.25, -0.2) is 0 Å². The van der Waals surface area contributed by atoms with Crippen LogP contribution in [0.1, 0.15) is 36.2 Å². The van der Waals surface area contributed by atoms with Crippen molar-refractivity contribution in [3.63, 3.8) is 0 Å². The van der Waals surface area contributed by atoms with Crippen molar-refractivity contribution in [2.24, 2.45) is 0 Å². The lowest BCUT2D eigenvalue weighted by atomic mass is 10.1. The van der Waals surface area contributed by atoms with Gasteiger partial charge in [0.25, 0.3) is 5.91 Å². The number of benzene rings is 2. The molecule has 7 nitrogen and oxygen atoms in total. The summed E-state index contributed by atoms with van der Waals surface area (Å²) in [5.74, 6) is -0.470. The summed E-state index contributed by atoms with van der Waals surface area (Å²) in [6.07, 6.45) is 0.384.